The Hall–Kier alpha value is -3.75. The van der Waals surface area contributed by atoms with Crippen LogP contribution in [0.1, 0.15) is 24.8 Å². The number of ether oxygens (including phenoxy) is 1. The number of carbonyl (C=O) groups is 1. The van der Waals surface area contributed by atoms with Gasteiger partial charge in [-0.15, -0.1) is 0 Å². The molecule has 1 aliphatic rings. The van der Waals surface area contributed by atoms with Gasteiger partial charge in [0.05, 0.1) is 22.7 Å². The number of imidazole rings is 1. The zero-order valence-corrected chi connectivity index (χ0v) is 18.5. The van der Waals surface area contributed by atoms with E-state index in [1.54, 1.807) is 29.1 Å². The van der Waals surface area contributed by atoms with E-state index in [9.17, 15) is 10.1 Å². The number of nitrogens with two attached hydrogens (primary N) is 1. The SMILES string of the molecule is CN(c1nc(-n2cnc3ccc(C#N)cc32)nc(NCCCN)c1NC=O)C1CCOCC1. The molecule has 0 saturated carbocycles. The first-order valence-electron chi connectivity index (χ1n) is 10.9. The Morgan fingerprint density at radius 3 is 2.91 bits per heavy atom. The van der Waals surface area contributed by atoms with Crippen LogP contribution in [0.25, 0.3) is 17.0 Å². The lowest BCUT2D eigenvalue weighted by molar-refractivity contribution is -0.105. The van der Waals surface area contributed by atoms with Gasteiger partial charge in [0.2, 0.25) is 12.4 Å². The number of nitrogens with one attached hydrogen (secondary N) is 2. The van der Waals surface area contributed by atoms with Crippen molar-refractivity contribution in [1.29, 1.82) is 5.26 Å². The van der Waals surface area contributed by atoms with Crippen molar-refractivity contribution in [3.63, 3.8) is 0 Å². The minimum Gasteiger partial charge on any atom is -0.381 e. The van der Waals surface area contributed by atoms with Gasteiger partial charge in [-0.2, -0.15) is 15.2 Å². The smallest absolute Gasteiger partial charge is 0.239 e. The Bertz CT molecular complexity index is 1160. The fourth-order valence-corrected chi connectivity index (χ4v) is 3.91. The van der Waals surface area contributed by atoms with E-state index in [1.807, 2.05) is 7.05 Å². The lowest BCUT2D eigenvalue weighted by Crippen LogP contribution is -2.38. The molecule has 3 aromatic rings. The molecule has 4 N–H and O–H groups in total. The van der Waals surface area contributed by atoms with Crippen LogP contribution in [0.15, 0.2) is 24.5 Å². The van der Waals surface area contributed by atoms with Gasteiger partial charge in [0.15, 0.2) is 11.6 Å². The van der Waals surface area contributed by atoms with Crippen LogP contribution in [-0.4, -0.2) is 65.3 Å². The summed E-state index contributed by atoms with van der Waals surface area (Å²) in [6, 6.07) is 7.64. The first-order chi connectivity index (χ1) is 16.2. The number of hydrogen-bond donors (Lipinski definition) is 3. The highest BCUT2D eigenvalue weighted by Gasteiger charge is 2.25. The van der Waals surface area contributed by atoms with E-state index in [1.165, 1.54) is 0 Å². The molecule has 2 aromatic heterocycles. The molecular weight excluding hydrogens is 422 g/mol. The van der Waals surface area contributed by atoms with Crippen molar-refractivity contribution in [2.24, 2.45) is 5.73 Å². The summed E-state index contributed by atoms with van der Waals surface area (Å²) in [5.74, 6) is 1.47. The van der Waals surface area contributed by atoms with E-state index in [0.717, 1.165) is 30.3 Å². The van der Waals surface area contributed by atoms with Crippen molar-refractivity contribution in [2.45, 2.75) is 25.3 Å². The molecule has 1 aromatic carbocycles. The molecule has 11 heteroatoms. The molecule has 172 valence electrons. The number of hydrogen-bond acceptors (Lipinski definition) is 9. The molecule has 0 atom stereocenters. The number of anilines is 3. The van der Waals surface area contributed by atoms with Gasteiger partial charge in [-0.1, -0.05) is 0 Å². The van der Waals surface area contributed by atoms with E-state index in [0.29, 0.717) is 61.5 Å². The van der Waals surface area contributed by atoms with Crippen LogP contribution in [0, 0.1) is 11.3 Å². The highest BCUT2D eigenvalue weighted by Crippen LogP contribution is 2.34. The lowest BCUT2D eigenvalue weighted by atomic mass is 10.1. The maximum atomic E-state index is 11.5. The fourth-order valence-electron chi connectivity index (χ4n) is 3.91. The molecule has 1 aliphatic heterocycles. The van der Waals surface area contributed by atoms with E-state index < -0.39 is 0 Å². The van der Waals surface area contributed by atoms with Gasteiger partial charge in [0, 0.05) is 32.8 Å². The van der Waals surface area contributed by atoms with E-state index in [2.05, 4.69) is 26.6 Å². The summed E-state index contributed by atoms with van der Waals surface area (Å²) in [7, 11) is 1.96. The summed E-state index contributed by atoms with van der Waals surface area (Å²) in [6.07, 6.45) is 4.71. The Morgan fingerprint density at radius 2 is 2.18 bits per heavy atom. The van der Waals surface area contributed by atoms with Gasteiger partial charge < -0.3 is 26.0 Å². The standard InChI is InChI=1S/C22H27N9O2/c1-30(16-5-9-33-10-6-16)21-19(27-14-32)20(25-8-2-7-23)28-22(29-21)31-13-26-17-4-3-15(12-24)11-18(17)31/h3-4,11,13-14,16H,2,5-10,23H2,1H3,(H,27,32)(H,25,28,29). The zero-order valence-electron chi connectivity index (χ0n) is 18.5. The number of aromatic nitrogens is 4. The fraction of sp³-hybridized carbons (Fsp3) is 0.409. The topological polar surface area (TPSA) is 147 Å². The quantitative estimate of drug-likeness (QED) is 0.327. The second kappa shape index (κ2) is 10.2. The molecular formula is C22H27N9O2. The number of carbonyl (C=O) groups excluding carboxylic acids is 1. The highest BCUT2D eigenvalue weighted by molar-refractivity contribution is 5.88. The third-order valence-electron chi connectivity index (χ3n) is 5.72. The van der Waals surface area contributed by atoms with Crippen LogP contribution in [0.4, 0.5) is 17.3 Å². The van der Waals surface area contributed by atoms with Crippen molar-refractivity contribution in [3.8, 4) is 12.0 Å². The number of nitriles is 1. The average molecular weight is 450 g/mol. The van der Waals surface area contributed by atoms with Crippen molar-refractivity contribution in [3.05, 3.63) is 30.1 Å². The van der Waals surface area contributed by atoms with Crippen molar-refractivity contribution in [2.75, 3.05) is 48.9 Å². The summed E-state index contributed by atoms with van der Waals surface area (Å²) in [5, 5.41) is 15.4. The minimum absolute atomic E-state index is 0.204. The van der Waals surface area contributed by atoms with Gasteiger partial charge in [0.25, 0.3) is 0 Å². The molecule has 1 amide bonds. The summed E-state index contributed by atoms with van der Waals surface area (Å²) in [6.45, 7) is 2.46. The largest absolute Gasteiger partial charge is 0.381 e. The summed E-state index contributed by atoms with van der Waals surface area (Å²) in [4.78, 5) is 27.5. The van der Waals surface area contributed by atoms with Gasteiger partial charge in [-0.3, -0.25) is 9.36 Å². The predicted molar refractivity (Wildman–Crippen MR) is 125 cm³/mol. The van der Waals surface area contributed by atoms with Crippen LogP contribution >= 0.6 is 0 Å². The molecule has 0 aliphatic carbocycles. The van der Waals surface area contributed by atoms with E-state index in [4.69, 9.17) is 20.4 Å². The molecule has 1 saturated heterocycles. The Kier molecular flexibility index (Phi) is 6.97. The summed E-state index contributed by atoms with van der Waals surface area (Å²) in [5.41, 5.74) is 8.12. The Morgan fingerprint density at radius 1 is 1.36 bits per heavy atom. The molecule has 11 nitrogen and oxygen atoms in total. The lowest BCUT2D eigenvalue weighted by Gasteiger charge is -2.33. The molecule has 4 rings (SSSR count). The number of fused-ring (bicyclic) bond motifs is 1. The molecule has 1 fully saturated rings. The molecule has 3 heterocycles. The Labute approximate surface area is 191 Å². The predicted octanol–water partition coefficient (Wildman–Crippen LogP) is 1.63. The highest BCUT2D eigenvalue weighted by atomic mass is 16.5. The van der Waals surface area contributed by atoms with Gasteiger partial charge in [-0.05, 0) is 44.0 Å². The summed E-state index contributed by atoms with van der Waals surface area (Å²) >= 11 is 0. The second-order valence-corrected chi connectivity index (χ2v) is 7.79. The van der Waals surface area contributed by atoms with Gasteiger partial charge in [0.1, 0.15) is 12.0 Å². The molecule has 0 bridgehead atoms. The van der Waals surface area contributed by atoms with Crippen LogP contribution < -0.4 is 21.3 Å². The van der Waals surface area contributed by atoms with Crippen LogP contribution in [0.5, 0.6) is 0 Å². The Balaban J connectivity index is 1.85. The van der Waals surface area contributed by atoms with E-state index in [-0.39, 0.29) is 6.04 Å². The molecule has 0 unspecified atom stereocenters. The number of rotatable bonds is 9. The minimum atomic E-state index is 0.204. The molecule has 33 heavy (non-hydrogen) atoms. The summed E-state index contributed by atoms with van der Waals surface area (Å²) < 4.78 is 7.26. The van der Waals surface area contributed by atoms with Gasteiger partial charge >= 0.3 is 0 Å². The van der Waals surface area contributed by atoms with Crippen molar-refractivity contribution in [1.82, 2.24) is 19.5 Å². The van der Waals surface area contributed by atoms with Gasteiger partial charge in [-0.25, -0.2) is 4.98 Å². The van der Waals surface area contributed by atoms with Crippen molar-refractivity contribution >= 4 is 34.8 Å². The third kappa shape index (κ3) is 4.72. The normalized spacial score (nSPS) is 14.1. The first kappa shape index (κ1) is 22.4. The monoisotopic (exact) mass is 449 g/mol. The van der Waals surface area contributed by atoms with Crippen molar-refractivity contribution < 1.29 is 9.53 Å². The van der Waals surface area contributed by atoms with Crippen LogP contribution in [0.2, 0.25) is 0 Å². The second-order valence-electron chi connectivity index (χ2n) is 7.79. The first-order valence-corrected chi connectivity index (χ1v) is 10.9. The maximum absolute atomic E-state index is 11.5. The number of benzene rings is 1. The maximum Gasteiger partial charge on any atom is 0.239 e. The average Bonchev–Trinajstić information content (AvgIpc) is 3.28. The molecule has 0 radical (unpaired) electrons. The number of nitrogens with zero attached hydrogens (tertiary/aromatic N) is 6. The molecule has 0 spiro atoms. The zero-order chi connectivity index (χ0) is 23.2. The van der Waals surface area contributed by atoms with E-state index >= 15 is 0 Å². The van der Waals surface area contributed by atoms with Crippen LogP contribution in [0.3, 0.4) is 0 Å². The third-order valence-corrected chi connectivity index (χ3v) is 5.72. The number of amides is 1. The van der Waals surface area contributed by atoms with Crippen LogP contribution in [-0.2, 0) is 9.53 Å².